The third kappa shape index (κ3) is 3.99. The molecule has 0 amide bonds. The number of hydrogen-bond acceptors (Lipinski definition) is 4. The highest BCUT2D eigenvalue weighted by atomic mass is 32.2. The maximum atomic E-state index is 13.4. The highest BCUT2D eigenvalue weighted by molar-refractivity contribution is 7.90. The third-order valence-corrected chi connectivity index (χ3v) is 3.99. The summed E-state index contributed by atoms with van der Waals surface area (Å²) < 4.78 is 37.9. The Labute approximate surface area is 122 Å². The van der Waals surface area contributed by atoms with E-state index < -0.39 is 9.84 Å². The molecule has 0 saturated heterocycles. The molecule has 0 aliphatic rings. The Morgan fingerprint density at radius 3 is 2.86 bits per heavy atom. The SMILES string of the molecule is CS(=O)(=O)c1cccc(-c2cnn(CC(F)=CCN)c2)c1. The first-order valence-corrected chi connectivity index (χ1v) is 8.17. The van der Waals surface area contributed by atoms with Gasteiger partial charge in [0.2, 0.25) is 0 Å². The summed E-state index contributed by atoms with van der Waals surface area (Å²) in [5.41, 5.74) is 6.67. The molecule has 2 N–H and O–H groups in total. The van der Waals surface area contributed by atoms with Crippen molar-refractivity contribution in [3.63, 3.8) is 0 Å². The number of rotatable bonds is 5. The van der Waals surface area contributed by atoms with Crippen LogP contribution in [0.1, 0.15) is 0 Å². The lowest BCUT2D eigenvalue weighted by Gasteiger charge is -2.01. The molecule has 0 bridgehead atoms. The van der Waals surface area contributed by atoms with E-state index in [0.717, 1.165) is 11.8 Å². The van der Waals surface area contributed by atoms with Gasteiger partial charge in [-0.25, -0.2) is 12.8 Å². The number of halogens is 1. The zero-order valence-corrected chi connectivity index (χ0v) is 12.3. The maximum absolute atomic E-state index is 13.4. The number of nitrogens with zero attached hydrogens (tertiary/aromatic N) is 2. The van der Waals surface area contributed by atoms with Crippen LogP contribution in [0.5, 0.6) is 0 Å². The summed E-state index contributed by atoms with van der Waals surface area (Å²) in [6.45, 7) is 0.138. The minimum absolute atomic E-state index is 0.00294. The number of benzene rings is 1. The van der Waals surface area contributed by atoms with Crippen LogP contribution in [0.15, 0.2) is 53.5 Å². The summed E-state index contributed by atoms with van der Waals surface area (Å²) in [4.78, 5) is 0.238. The van der Waals surface area contributed by atoms with Crippen LogP contribution >= 0.6 is 0 Å². The van der Waals surface area contributed by atoms with Crippen molar-refractivity contribution in [3.8, 4) is 11.1 Å². The van der Waals surface area contributed by atoms with Crippen molar-refractivity contribution < 1.29 is 12.8 Å². The Kier molecular flexibility index (Phi) is 4.54. The van der Waals surface area contributed by atoms with Crippen molar-refractivity contribution in [1.82, 2.24) is 9.78 Å². The maximum Gasteiger partial charge on any atom is 0.175 e. The molecule has 2 aromatic rings. The Hall–Kier alpha value is -1.99. The zero-order chi connectivity index (χ0) is 15.5. The largest absolute Gasteiger partial charge is 0.327 e. The molecule has 0 radical (unpaired) electrons. The molecule has 0 aliphatic heterocycles. The van der Waals surface area contributed by atoms with Gasteiger partial charge in [0, 0.05) is 24.6 Å². The van der Waals surface area contributed by atoms with Crippen molar-refractivity contribution in [2.24, 2.45) is 5.73 Å². The topological polar surface area (TPSA) is 78.0 Å². The zero-order valence-electron chi connectivity index (χ0n) is 11.5. The van der Waals surface area contributed by atoms with E-state index in [0.29, 0.717) is 5.56 Å². The normalized spacial score (nSPS) is 12.6. The van der Waals surface area contributed by atoms with Crippen LogP contribution in [-0.4, -0.2) is 31.0 Å². The number of sulfone groups is 1. The fourth-order valence-electron chi connectivity index (χ4n) is 1.85. The molecule has 0 unspecified atom stereocenters. The first kappa shape index (κ1) is 15.4. The second-order valence-electron chi connectivity index (χ2n) is 4.61. The second-order valence-corrected chi connectivity index (χ2v) is 6.63. The van der Waals surface area contributed by atoms with Crippen LogP contribution in [-0.2, 0) is 16.4 Å². The fraction of sp³-hybridized carbons (Fsp3) is 0.214. The van der Waals surface area contributed by atoms with Crippen LogP contribution in [0.2, 0.25) is 0 Å². The molecule has 1 aromatic heterocycles. The predicted octanol–water partition coefficient (Wildman–Crippen LogP) is 1.77. The average Bonchev–Trinajstić information content (AvgIpc) is 2.86. The van der Waals surface area contributed by atoms with Crippen molar-refractivity contribution in [3.05, 3.63) is 48.6 Å². The minimum atomic E-state index is -3.26. The third-order valence-electron chi connectivity index (χ3n) is 2.88. The van der Waals surface area contributed by atoms with Gasteiger partial charge in [-0.1, -0.05) is 12.1 Å². The van der Waals surface area contributed by atoms with Gasteiger partial charge in [0.15, 0.2) is 9.84 Å². The van der Waals surface area contributed by atoms with E-state index in [1.807, 2.05) is 0 Å². The van der Waals surface area contributed by atoms with E-state index in [-0.39, 0.29) is 23.8 Å². The summed E-state index contributed by atoms with van der Waals surface area (Å²) in [5, 5.41) is 4.05. The van der Waals surface area contributed by atoms with Gasteiger partial charge in [-0.05, 0) is 23.8 Å². The van der Waals surface area contributed by atoms with Crippen molar-refractivity contribution in [2.75, 3.05) is 12.8 Å². The first-order valence-electron chi connectivity index (χ1n) is 6.27. The number of aromatic nitrogens is 2. The Bertz CT molecular complexity index is 766. The summed E-state index contributed by atoms with van der Waals surface area (Å²) in [6.07, 6.45) is 5.66. The van der Waals surface area contributed by atoms with Crippen molar-refractivity contribution in [2.45, 2.75) is 11.4 Å². The molecule has 5 nitrogen and oxygen atoms in total. The minimum Gasteiger partial charge on any atom is -0.327 e. The fourth-order valence-corrected chi connectivity index (χ4v) is 2.52. The first-order chi connectivity index (χ1) is 9.90. The summed E-state index contributed by atoms with van der Waals surface area (Å²) in [6, 6.07) is 6.55. The molecule has 7 heteroatoms. The van der Waals surface area contributed by atoms with Gasteiger partial charge in [-0.3, -0.25) is 4.68 Å². The van der Waals surface area contributed by atoms with Crippen molar-refractivity contribution in [1.29, 1.82) is 0 Å². The molecule has 0 aliphatic carbocycles. The Balaban J connectivity index is 2.28. The van der Waals surface area contributed by atoms with Crippen LogP contribution in [0.25, 0.3) is 11.1 Å². The Morgan fingerprint density at radius 1 is 1.43 bits per heavy atom. The average molecular weight is 309 g/mol. The van der Waals surface area contributed by atoms with Gasteiger partial charge in [0.1, 0.15) is 5.83 Å². The van der Waals surface area contributed by atoms with Crippen LogP contribution in [0, 0.1) is 0 Å². The van der Waals surface area contributed by atoms with E-state index in [9.17, 15) is 12.8 Å². The van der Waals surface area contributed by atoms with E-state index in [2.05, 4.69) is 5.10 Å². The predicted molar refractivity (Wildman–Crippen MR) is 79.0 cm³/mol. The second kappa shape index (κ2) is 6.19. The number of hydrogen-bond donors (Lipinski definition) is 1. The quantitative estimate of drug-likeness (QED) is 0.913. The molecule has 112 valence electrons. The van der Waals surface area contributed by atoms with Gasteiger partial charge in [0.25, 0.3) is 0 Å². The molecule has 1 aromatic carbocycles. The Morgan fingerprint density at radius 2 is 2.19 bits per heavy atom. The standard InChI is InChI=1S/C14H16FN3O2S/c1-21(19,20)14-4-2-3-11(7-14)12-8-17-18(9-12)10-13(15)5-6-16/h2-5,7-9H,6,10,16H2,1H3. The van der Waals surface area contributed by atoms with E-state index in [1.165, 1.54) is 16.8 Å². The number of allylic oxidation sites excluding steroid dienone is 1. The van der Waals surface area contributed by atoms with E-state index in [1.54, 1.807) is 30.6 Å². The summed E-state index contributed by atoms with van der Waals surface area (Å²) >= 11 is 0. The van der Waals surface area contributed by atoms with Crippen LogP contribution in [0.4, 0.5) is 4.39 Å². The van der Waals surface area contributed by atoms with E-state index >= 15 is 0 Å². The molecule has 0 saturated carbocycles. The van der Waals surface area contributed by atoms with Gasteiger partial charge in [-0.2, -0.15) is 5.10 Å². The number of nitrogens with two attached hydrogens (primary N) is 1. The molecular formula is C14H16FN3O2S. The van der Waals surface area contributed by atoms with Crippen LogP contribution < -0.4 is 5.73 Å². The molecule has 0 atom stereocenters. The van der Waals surface area contributed by atoms with Gasteiger partial charge >= 0.3 is 0 Å². The highest BCUT2D eigenvalue weighted by Crippen LogP contribution is 2.22. The molecule has 21 heavy (non-hydrogen) atoms. The van der Waals surface area contributed by atoms with Gasteiger partial charge < -0.3 is 5.73 Å². The van der Waals surface area contributed by atoms with Gasteiger partial charge in [0.05, 0.1) is 17.6 Å². The smallest absolute Gasteiger partial charge is 0.175 e. The monoisotopic (exact) mass is 309 g/mol. The lowest BCUT2D eigenvalue weighted by atomic mass is 10.1. The molecular weight excluding hydrogens is 293 g/mol. The molecule has 0 fully saturated rings. The summed E-state index contributed by atoms with van der Waals surface area (Å²) in [7, 11) is -3.26. The van der Waals surface area contributed by atoms with E-state index in [4.69, 9.17) is 5.73 Å². The molecule has 0 spiro atoms. The lowest BCUT2D eigenvalue weighted by molar-refractivity contribution is 0.525. The molecule has 2 rings (SSSR count). The van der Waals surface area contributed by atoms with Crippen LogP contribution in [0.3, 0.4) is 0 Å². The summed E-state index contributed by atoms with van der Waals surface area (Å²) in [5.74, 6) is -0.364. The lowest BCUT2D eigenvalue weighted by Crippen LogP contribution is -2.01. The van der Waals surface area contributed by atoms with Gasteiger partial charge in [-0.15, -0.1) is 0 Å². The highest BCUT2D eigenvalue weighted by Gasteiger charge is 2.09. The molecule has 1 heterocycles. The van der Waals surface area contributed by atoms with Crippen molar-refractivity contribution >= 4 is 9.84 Å².